The third kappa shape index (κ3) is 6.96. The molecule has 0 radical (unpaired) electrons. The standard InChI is InChI=1S/C16H25N5OS2/c1-20(16(24)18-13-14-5-3-2-4-6-14)19-15(23)17-7-8-21-9-11-22-12-10-21/h2-6H,7-13H2,1H3,(H,18,24)(H2,17,19,23)/p+1. The molecule has 0 atom stereocenters. The van der Waals surface area contributed by atoms with Crippen molar-refractivity contribution in [3.63, 3.8) is 0 Å². The lowest BCUT2D eigenvalue weighted by Crippen LogP contribution is -3.14. The SMILES string of the molecule is CN(NC(=S)NCC[NH+]1CCOCC1)C(=S)NCc1ccccc1. The predicted octanol–water partition coefficient (Wildman–Crippen LogP) is -0.713. The molecule has 0 unspecified atom stereocenters. The lowest BCUT2D eigenvalue weighted by atomic mass is 10.2. The molecule has 0 spiro atoms. The van der Waals surface area contributed by atoms with E-state index in [0.29, 0.717) is 16.8 Å². The number of quaternary nitrogens is 1. The zero-order valence-electron chi connectivity index (χ0n) is 14.0. The maximum Gasteiger partial charge on any atom is 0.187 e. The number of ether oxygens (including phenoxy) is 1. The van der Waals surface area contributed by atoms with Gasteiger partial charge in [-0.1, -0.05) is 30.3 Å². The van der Waals surface area contributed by atoms with E-state index >= 15 is 0 Å². The minimum Gasteiger partial charge on any atom is -0.370 e. The Hall–Kier alpha value is -1.48. The Kier molecular flexibility index (Phi) is 8.17. The van der Waals surface area contributed by atoms with Gasteiger partial charge in [0.05, 0.1) is 26.3 Å². The zero-order valence-corrected chi connectivity index (χ0v) is 15.6. The number of hydrogen-bond acceptors (Lipinski definition) is 3. The maximum absolute atomic E-state index is 5.36. The van der Waals surface area contributed by atoms with Gasteiger partial charge >= 0.3 is 0 Å². The van der Waals surface area contributed by atoms with Gasteiger partial charge in [-0.2, -0.15) is 0 Å². The molecule has 1 aliphatic rings. The minimum absolute atomic E-state index is 0.578. The molecule has 132 valence electrons. The fourth-order valence-corrected chi connectivity index (χ4v) is 2.75. The van der Waals surface area contributed by atoms with Crippen molar-refractivity contribution in [2.24, 2.45) is 0 Å². The predicted molar refractivity (Wildman–Crippen MR) is 104 cm³/mol. The van der Waals surface area contributed by atoms with Crippen LogP contribution in [0.4, 0.5) is 0 Å². The third-order valence-corrected chi connectivity index (χ3v) is 4.48. The summed E-state index contributed by atoms with van der Waals surface area (Å²) >= 11 is 10.7. The summed E-state index contributed by atoms with van der Waals surface area (Å²) in [6.45, 7) is 6.38. The van der Waals surface area contributed by atoms with Gasteiger partial charge in [-0.3, -0.25) is 10.4 Å². The molecule has 0 aromatic heterocycles. The molecule has 2 rings (SSSR count). The Morgan fingerprint density at radius 1 is 1.17 bits per heavy atom. The number of morpholine rings is 1. The second kappa shape index (κ2) is 10.4. The van der Waals surface area contributed by atoms with Gasteiger partial charge in [0.1, 0.15) is 13.1 Å². The Morgan fingerprint density at radius 2 is 1.88 bits per heavy atom. The van der Waals surface area contributed by atoms with Crippen LogP contribution >= 0.6 is 24.4 Å². The van der Waals surface area contributed by atoms with Crippen LogP contribution in [-0.2, 0) is 11.3 Å². The van der Waals surface area contributed by atoms with Gasteiger partial charge in [-0.05, 0) is 30.0 Å². The van der Waals surface area contributed by atoms with Crippen molar-refractivity contribution in [1.29, 1.82) is 0 Å². The van der Waals surface area contributed by atoms with Crippen LogP contribution < -0.4 is 21.0 Å². The molecule has 4 N–H and O–H groups in total. The monoisotopic (exact) mass is 368 g/mol. The highest BCUT2D eigenvalue weighted by Gasteiger charge is 2.13. The van der Waals surface area contributed by atoms with Crippen LogP contribution in [0.2, 0.25) is 0 Å². The maximum atomic E-state index is 5.36. The lowest BCUT2D eigenvalue weighted by molar-refractivity contribution is -0.906. The van der Waals surface area contributed by atoms with Crippen molar-refractivity contribution in [3.8, 4) is 0 Å². The normalized spacial score (nSPS) is 14.7. The molecular formula is C16H26N5OS2+. The van der Waals surface area contributed by atoms with Crippen LogP contribution in [0.1, 0.15) is 5.56 Å². The second-order valence-electron chi connectivity index (χ2n) is 5.68. The van der Waals surface area contributed by atoms with E-state index in [1.807, 2.05) is 25.2 Å². The number of nitrogens with one attached hydrogen (secondary N) is 4. The summed E-state index contributed by atoms with van der Waals surface area (Å²) in [5.41, 5.74) is 4.25. The molecule has 1 fully saturated rings. The van der Waals surface area contributed by atoms with Crippen LogP contribution in [0.25, 0.3) is 0 Å². The van der Waals surface area contributed by atoms with Crippen molar-refractivity contribution in [2.75, 3.05) is 46.4 Å². The Labute approximate surface area is 154 Å². The van der Waals surface area contributed by atoms with Gasteiger partial charge < -0.3 is 20.3 Å². The number of hydrazine groups is 1. The average molecular weight is 369 g/mol. The summed E-state index contributed by atoms with van der Waals surface area (Å²) in [6, 6.07) is 10.1. The summed E-state index contributed by atoms with van der Waals surface area (Å²) in [5.74, 6) is 0. The highest BCUT2D eigenvalue weighted by Crippen LogP contribution is 1.97. The van der Waals surface area contributed by atoms with Gasteiger partial charge in [-0.15, -0.1) is 0 Å². The quantitative estimate of drug-likeness (QED) is 0.405. The minimum atomic E-state index is 0.578. The van der Waals surface area contributed by atoms with E-state index in [9.17, 15) is 0 Å². The number of benzene rings is 1. The molecule has 1 aliphatic heterocycles. The van der Waals surface area contributed by atoms with Gasteiger partial charge in [0, 0.05) is 13.6 Å². The fraction of sp³-hybridized carbons (Fsp3) is 0.500. The van der Waals surface area contributed by atoms with E-state index < -0.39 is 0 Å². The smallest absolute Gasteiger partial charge is 0.187 e. The Balaban J connectivity index is 1.60. The van der Waals surface area contributed by atoms with Crippen molar-refractivity contribution >= 4 is 34.7 Å². The summed E-state index contributed by atoms with van der Waals surface area (Å²) in [7, 11) is 1.85. The third-order valence-electron chi connectivity index (χ3n) is 3.82. The fourth-order valence-electron chi connectivity index (χ4n) is 2.40. The molecule has 6 nitrogen and oxygen atoms in total. The molecule has 1 aromatic carbocycles. The van der Waals surface area contributed by atoms with E-state index in [1.165, 1.54) is 5.56 Å². The molecule has 0 bridgehead atoms. The van der Waals surface area contributed by atoms with E-state index in [4.69, 9.17) is 29.2 Å². The molecule has 0 amide bonds. The molecule has 0 aliphatic carbocycles. The van der Waals surface area contributed by atoms with Crippen LogP contribution in [0.15, 0.2) is 30.3 Å². The van der Waals surface area contributed by atoms with Crippen LogP contribution in [0.3, 0.4) is 0 Å². The summed E-state index contributed by atoms with van der Waals surface area (Å²) in [4.78, 5) is 1.55. The number of nitrogens with zero attached hydrogens (tertiary/aromatic N) is 1. The van der Waals surface area contributed by atoms with E-state index in [-0.39, 0.29) is 0 Å². The number of hydrogen-bond donors (Lipinski definition) is 4. The molecule has 24 heavy (non-hydrogen) atoms. The van der Waals surface area contributed by atoms with E-state index in [0.717, 1.165) is 39.4 Å². The largest absolute Gasteiger partial charge is 0.370 e. The first-order valence-electron chi connectivity index (χ1n) is 8.16. The van der Waals surface area contributed by atoms with E-state index in [2.05, 4.69) is 28.2 Å². The lowest BCUT2D eigenvalue weighted by Gasteiger charge is -2.25. The van der Waals surface area contributed by atoms with Crippen LogP contribution in [0.5, 0.6) is 0 Å². The zero-order chi connectivity index (χ0) is 17.2. The topological polar surface area (TPSA) is 53.0 Å². The number of rotatable bonds is 5. The molecule has 1 saturated heterocycles. The van der Waals surface area contributed by atoms with Gasteiger partial charge in [0.25, 0.3) is 0 Å². The average Bonchev–Trinajstić information content (AvgIpc) is 2.61. The second-order valence-corrected chi connectivity index (χ2v) is 6.48. The summed E-state index contributed by atoms with van der Waals surface area (Å²) < 4.78 is 5.35. The van der Waals surface area contributed by atoms with Gasteiger partial charge in [-0.25, -0.2) is 0 Å². The summed E-state index contributed by atoms with van der Waals surface area (Å²) in [5, 5.41) is 9.31. The van der Waals surface area contributed by atoms with Crippen molar-refractivity contribution in [3.05, 3.63) is 35.9 Å². The Morgan fingerprint density at radius 3 is 2.58 bits per heavy atom. The van der Waals surface area contributed by atoms with E-state index in [1.54, 1.807) is 9.91 Å². The molecular weight excluding hydrogens is 342 g/mol. The van der Waals surface area contributed by atoms with Gasteiger partial charge in [0.2, 0.25) is 0 Å². The van der Waals surface area contributed by atoms with Crippen molar-refractivity contribution in [2.45, 2.75) is 6.54 Å². The molecule has 0 saturated carbocycles. The first-order chi connectivity index (χ1) is 11.6. The molecule has 1 heterocycles. The first kappa shape index (κ1) is 18.9. The number of thiocarbonyl (C=S) groups is 2. The first-order valence-corrected chi connectivity index (χ1v) is 8.98. The highest BCUT2D eigenvalue weighted by molar-refractivity contribution is 7.80. The van der Waals surface area contributed by atoms with Crippen LogP contribution in [-0.4, -0.2) is 61.7 Å². The highest BCUT2D eigenvalue weighted by atomic mass is 32.1. The van der Waals surface area contributed by atoms with Crippen LogP contribution in [0, 0.1) is 0 Å². The Bertz CT molecular complexity index is 522. The molecule has 8 heteroatoms. The van der Waals surface area contributed by atoms with Crippen molar-refractivity contribution in [1.82, 2.24) is 21.1 Å². The van der Waals surface area contributed by atoms with Crippen molar-refractivity contribution < 1.29 is 9.64 Å². The summed E-state index contributed by atoms with van der Waals surface area (Å²) in [6.07, 6.45) is 0. The van der Waals surface area contributed by atoms with Gasteiger partial charge in [0.15, 0.2) is 10.2 Å². The molecule has 1 aromatic rings.